The third-order valence-electron chi connectivity index (χ3n) is 6.77. The second-order valence-electron chi connectivity index (χ2n) is 9.90. The van der Waals surface area contributed by atoms with Crippen LogP contribution in [0.15, 0.2) is 71.1 Å². The van der Waals surface area contributed by atoms with Gasteiger partial charge < -0.3 is 4.42 Å². The molecule has 0 N–H and O–H groups in total. The Kier molecular flexibility index (Phi) is 5.23. The lowest BCUT2D eigenvalue weighted by Crippen LogP contribution is -1.98. The summed E-state index contributed by atoms with van der Waals surface area (Å²) in [6, 6.07) is 23.7. The predicted octanol–water partition coefficient (Wildman–Crippen LogP) is 9.48. The molecule has 0 radical (unpaired) electrons. The molecule has 4 heterocycles. The number of fused-ring (bicyclic) bond motifs is 4. The molecule has 0 aliphatic heterocycles. The van der Waals surface area contributed by atoms with E-state index in [-0.39, 0.29) is 0 Å². The maximum absolute atomic E-state index is 6.24. The van der Waals surface area contributed by atoms with E-state index in [1.165, 1.54) is 26.3 Å². The zero-order valence-corrected chi connectivity index (χ0v) is 21.5. The molecule has 2 aromatic carbocycles. The number of furan rings is 1. The van der Waals surface area contributed by atoms with E-state index in [0.717, 1.165) is 38.8 Å². The number of nitrogens with zero attached hydrogens (tertiary/aromatic N) is 2. The van der Waals surface area contributed by atoms with Crippen LogP contribution in [0.4, 0.5) is 0 Å². The van der Waals surface area contributed by atoms with E-state index in [1.807, 2.05) is 24.3 Å². The first-order chi connectivity index (χ1) is 16.9. The molecule has 174 valence electrons. The molecule has 0 fully saturated rings. The van der Waals surface area contributed by atoms with Crippen LogP contribution in [0.1, 0.15) is 56.4 Å². The van der Waals surface area contributed by atoms with Gasteiger partial charge >= 0.3 is 0 Å². The van der Waals surface area contributed by atoms with Crippen molar-refractivity contribution in [3.63, 3.8) is 0 Å². The van der Waals surface area contributed by atoms with Crippen LogP contribution in [0.3, 0.4) is 0 Å². The number of pyridine rings is 2. The van der Waals surface area contributed by atoms with Gasteiger partial charge in [0, 0.05) is 26.9 Å². The molecule has 0 unspecified atom stereocenters. The molecule has 0 aliphatic rings. The number of hydrogen-bond acceptors (Lipinski definition) is 4. The molecule has 0 bridgehead atoms. The van der Waals surface area contributed by atoms with Crippen LogP contribution in [-0.4, -0.2) is 9.97 Å². The fourth-order valence-corrected chi connectivity index (χ4v) is 6.10. The van der Waals surface area contributed by atoms with Gasteiger partial charge in [-0.2, -0.15) is 0 Å². The molecule has 0 aliphatic carbocycles. The minimum Gasteiger partial charge on any atom is -0.437 e. The van der Waals surface area contributed by atoms with Crippen LogP contribution in [0.5, 0.6) is 0 Å². The first kappa shape index (κ1) is 22.0. The third kappa shape index (κ3) is 3.64. The topological polar surface area (TPSA) is 38.9 Å². The molecule has 0 amide bonds. The summed E-state index contributed by atoms with van der Waals surface area (Å²) in [5.74, 6) is 0.917. The van der Waals surface area contributed by atoms with Crippen molar-refractivity contribution in [2.75, 3.05) is 0 Å². The highest BCUT2D eigenvalue weighted by molar-refractivity contribution is 7.22. The summed E-state index contributed by atoms with van der Waals surface area (Å²) in [6.45, 7) is 11.1. The number of benzene rings is 2. The van der Waals surface area contributed by atoms with E-state index in [1.54, 1.807) is 0 Å². The largest absolute Gasteiger partial charge is 0.437 e. The first-order valence-electron chi connectivity index (χ1n) is 12.2. The van der Waals surface area contributed by atoms with Crippen molar-refractivity contribution in [2.24, 2.45) is 0 Å². The Morgan fingerprint density at radius 2 is 1.51 bits per heavy atom. The van der Waals surface area contributed by atoms with Gasteiger partial charge in [-0.15, -0.1) is 11.3 Å². The van der Waals surface area contributed by atoms with E-state index in [4.69, 9.17) is 9.40 Å². The highest BCUT2D eigenvalue weighted by Crippen LogP contribution is 2.42. The Labute approximate surface area is 209 Å². The van der Waals surface area contributed by atoms with E-state index in [2.05, 4.69) is 93.3 Å². The lowest BCUT2D eigenvalue weighted by Gasteiger charge is -2.18. The molecular formula is C31H28N2OS. The molecule has 4 aromatic heterocycles. The Bertz CT molecular complexity index is 1700. The summed E-state index contributed by atoms with van der Waals surface area (Å²) in [5, 5.41) is 2.11. The second kappa shape index (κ2) is 8.31. The minimum absolute atomic E-state index is 0.459. The van der Waals surface area contributed by atoms with Crippen molar-refractivity contribution in [2.45, 2.75) is 46.5 Å². The fourth-order valence-electron chi connectivity index (χ4n) is 5.01. The molecule has 0 atom stereocenters. The van der Waals surface area contributed by atoms with Crippen molar-refractivity contribution in [1.82, 2.24) is 9.97 Å². The molecule has 0 saturated carbocycles. The summed E-state index contributed by atoms with van der Waals surface area (Å²) < 4.78 is 7.44. The SMILES string of the molecule is Cc1ccc2c(n1)oc1c(-c3ccc4sc(-c5c(C(C)C)cccc5C(C)C)cc4n3)cccc12. The normalized spacial score (nSPS) is 12.1. The molecule has 6 rings (SSSR count). The second-order valence-corrected chi connectivity index (χ2v) is 11.0. The van der Waals surface area contributed by atoms with Crippen molar-refractivity contribution in [1.29, 1.82) is 0 Å². The average Bonchev–Trinajstić information content (AvgIpc) is 3.43. The number of para-hydroxylation sites is 1. The van der Waals surface area contributed by atoms with Gasteiger partial charge in [0.1, 0.15) is 5.58 Å². The van der Waals surface area contributed by atoms with Crippen LogP contribution in [0.2, 0.25) is 0 Å². The van der Waals surface area contributed by atoms with Gasteiger partial charge in [0.15, 0.2) is 0 Å². The van der Waals surface area contributed by atoms with Crippen LogP contribution in [0.25, 0.3) is 54.0 Å². The van der Waals surface area contributed by atoms with E-state index < -0.39 is 0 Å². The monoisotopic (exact) mass is 476 g/mol. The Balaban J connectivity index is 1.53. The van der Waals surface area contributed by atoms with Gasteiger partial charge in [0.25, 0.3) is 0 Å². The van der Waals surface area contributed by atoms with E-state index in [0.29, 0.717) is 17.5 Å². The predicted molar refractivity (Wildman–Crippen MR) is 148 cm³/mol. The van der Waals surface area contributed by atoms with Gasteiger partial charge in [0.2, 0.25) is 5.71 Å². The zero-order valence-electron chi connectivity index (χ0n) is 20.7. The summed E-state index contributed by atoms with van der Waals surface area (Å²) in [4.78, 5) is 11.0. The Morgan fingerprint density at radius 3 is 2.26 bits per heavy atom. The maximum atomic E-state index is 6.24. The van der Waals surface area contributed by atoms with E-state index >= 15 is 0 Å². The van der Waals surface area contributed by atoms with Gasteiger partial charge in [-0.05, 0) is 71.8 Å². The number of aryl methyl sites for hydroxylation is 1. The standard InChI is InChI=1S/C31H28N2OS/c1-17(2)20-8-6-9-21(18(3)4)29(20)28-16-26-27(35-28)15-14-25(33-26)24-11-7-10-22-23-13-12-19(5)32-31(23)34-30(22)24/h6-18H,1-5H3. The van der Waals surface area contributed by atoms with Gasteiger partial charge in [-0.1, -0.05) is 58.0 Å². The van der Waals surface area contributed by atoms with Gasteiger partial charge in [-0.3, -0.25) is 0 Å². The zero-order chi connectivity index (χ0) is 24.3. The maximum Gasteiger partial charge on any atom is 0.227 e. The van der Waals surface area contributed by atoms with Crippen molar-refractivity contribution < 1.29 is 4.42 Å². The summed E-state index contributed by atoms with van der Waals surface area (Å²) in [7, 11) is 0. The first-order valence-corrected chi connectivity index (χ1v) is 13.1. The Hall–Kier alpha value is -3.50. The minimum atomic E-state index is 0.459. The highest BCUT2D eigenvalue weighted by Gasteiger charge is 2.19. The van der Waals surface area contributed by atoms with Crippen molar-refractivity contribution in [3.8, 4) is 21.7 Å². The lowest BCUT2D eigenvalue weighted by atomic mass is 9.88. The van der Waals surface area contributed by atoms with Crippen LogP contribution in [0, 0.1) is 6.92 Å². The fraction of sp³-hybridized carbons (Fsp3) is 0.226. The van der Waals surface area contributed by atoms with Crippen LogP contribution < -0.4 is 0 Å². The molecular weight excluding hydrogens is 448 g/mol. The molecule has 0 spiro atoms. The molecule has 4 heteroatoms. The Morgan fingerprint density at radius 1 is 0.771 bits per heavy atom. The summed E-state index contributed by atoms with van der Waals surface area (Å²) >= 11 is 1.83. The molecule has 35 heavy (non-hydrogen) atoms. The van der Waals surface area contributed by atoms with Crippen molar-refractivity contribution in [3.05, 3.63) is 83.6 Å². The lowest BCUT2D eigenvalue weighted by molar-refractivity contribution is 0.653. The van der Waals surface area contributed by atoms with Gasteiger partial charge in [0.05, 0.1) is 15.9 Å². The number of rotatable bonds is 4. The average molecular weight is 477 g/mol. The van der Waals surface area contributed by atoms with Crippen LogP contribution >= 0.6 is 11.3 Å². The quantitative estimate of drug-likeness (QED) is 0.254. The summed E-state index contributed by atoms with van der Waals surface area (Å²) in [6.07, 6.45) is 0. The van der Waals surface area contributed by atoms with Crippen LogP contribution in [-0.2, 0) is 0 Å². The third-order valence-corrected chi connectivity index (χ3v) is 7.88. The molecule has 0 saturated heterocycles. The smallest absolute Gasteiger partial charge is 0.227 e. The summed E-state index contributed by atoms with van der Waals surface area (Å²) in [5.41, 5.74) is 9.60. The molecule has 6 aromatic rings. The van der Waals surface area contributed by atoms with Gasteiger partial charge in [-0.25, -0.2) is 9.97 Å². The number of thiophene rings is 1. The van der Waals surface area contributed by atoms with E-state index in [9.17, 15) is 0 Å². The number of aromatic nitrogens is 2. The molecule has 3 nitrogen and oxygen atoms in total. The van der Waals surface area contributed by atoms with Crippen molar-refractivity contribution >= 4 is 43.6 Å². The number of hydrogen-bond donors (Lipinski definition) is 0. The highest BCUT2D eigenvalue weighted by atomic mass is 32.1.